The second kappa shape index (κ2) is 12.9. The van der Waals surface area contributed by atoms with Gasteiger partial charge in [-0.3, -0.25) is 9.80 Å². The molecule has 1 fully saturated rings. The Morgan fingerprint density at radius 1 is 0.838 bits per heavy atom. The number of piperidine rings is 1. The third kappa shape index (κ3) is 7.36. The molecule has 0 saturated carbocycles. The lowest BCUT2D eigenvalue weighted by atomic mass is 9.89. The van der Waals surface area contributed by atoms with Gasteiger partial charge in [-0.1, -0.05) is 60.7 Å². The molecule has 5 heteroatoms. The van der Waals surface area contributed by atoms with Crippen molar-refractivity contribution in [2.24, 2.45) is 5.92 Å². The Labute approximate surface area is 226 Å². The predicted molar refractivity (Wildman–Crippen MR) is 151 cm³/mol. The summed E-state index contributed by atoms with van der Waals surface area (Å²) in [4.78, 5) is 4.98. The average molecular weight is 519 g/mol. The molecule has 1 saturated heterocycles. The number of fused-ring (bicyclic) bond motifs is 1. The summed E-state index contributed by atoms with van der Waals surface area (Å²) in [7, 11) is 0. The summed E-state index contributed by atoms with van der Waals surface area (Å²) in [5, 5.41) is 11.0. The van der Waals surface area contributed by atoms with Crippen molar-refractivity contribution < 1.29 is 9.84 Å². The highest BCUT2D eigenvalue weighted by molar-refractivity contribution is 6.17. The zero-order valence-electron chi connectivity index (χ0n) is 21.7. The van der Waals surface area contributed by atoms with E-state index in [0.717, 1.165) is 63.4 Å². The number of alkyl halides is 1. The van der Waals surface area contributed by atoms with Gasteiger partial charge in [0.15, 0.2) is 0 Å². The van der Waals surface area contributed by atoms with Crippen molar-refractivity contribution in [1.29, 1.82) is 0 Å². The van der Waals surface area contributed by atoms with Gasteiger partial charge < -0.3 is 9.84 Å². The summed E-state index contributed by atoms with van der Waals surface area (Å²) in [6.07, 6.45) is 3.87. The van der Waals surface area contributed by atoms with Crippen LogP contribution in [0.4, 0.5) is 0 Å². The van der Waals surface area contributed by atoms with Crippen LogP contribution in [0.2, 0.25) is 0 Å². The molecular weight excluding hydrogens is 480 g/mol. The first-order valence-corrected chi connectivity index (χ1v) is 14.3. The zero-order chi connectivity index (χ0) is 25.5. The fourth-order valence-corrected chi connectivity index (χ4v) is 5.88. The Hall–Kier alpha value is -2.37. The molecule has 196 valence electrons. The van der Waals surface area contributed by atoms with Gasteiger partial charge in [-0.15, -0.1) is 11.6 Å². The number of aliphatic hydroxyl groups is 1. The fourth-order valence-electron chi connectivity index (χ4n) is 5.72. The van der Waals surface area contributed by atoms with Crippen LogP contribution in [-0.2, 0) is 25.5 Å². The lowest BCUT2D eigenvalue weighted by Crippen LogP contribution is -2.33. The first kappa shape index (κ1) is 26.2. The molecule has 4 nitrogen and oxygen atoms in total. The number of nitrogens with zero attached hydrogens (tertiary/aromatic N) is 2. The first-order valence-electron chi connectivity index (χ1n) is 13.7. The Kier molecular flexibility index (Phi) is 9.17. The highest BCUT2D eigenvalue weighted by atomic mass is 35.5. The molecule has 0 amide bonds. The number of ether oxygens (including phenoxy) is 1. The SMILES string of the molecule is OC(CCC1CCN(Cc2cccc(CCl)c2)CC1)c1ccc2c(c1)CN(Cc1ccccc1)CCO2. The first-order chi connectivity index (χ1) is 18.2. The van der Waals surface area contributed by atoms with Gasteiger partial charge in [0.1, 0.15) is 12.4 Å². The molecule has 37 heavy (non-hydrogen) atoms. The van der Waals surface area contributed by atoms with Crippen molar-refractivity contribution in [1.82, 2.24) is 9.80 Å². The maximum absolute atomic E-state index is 11.0. The molecule has 1 unspecified atom stereocenters. The summed E-state index contributed by atoms with van der Waals surface area (Å²) in [5.74, 6) is 2.21. The Bertz CT molecular complexity index is 1130. The van der Waals surface area contributed by atoms with E-state index in [-0.39, 0.29) is 0 Å². The second-order valence-electron chi connectivity index (χ2n) is 10.7. The van der Waals surface area contributed by atoms with Crippen LogP contribution >= 0.6 is 11.6 Å². The minimum atomic E-state index is -0.424. The molecule has 1 atom stereocenters. The summed E-state index contributed by atoms with van der Waals surface area (Å²) < 4.78 is 6.04. The van der Waals surface area contributed by atoms with E-state index in [9.17, 15) is 5.11 Å². The second-order valence-corrected chi connectivity index (χ2v) is 10.9. The van der Waals surface area contributed by atoms with Crippen molar-refractivity contribution in [2.75, 3.05) is 26.2 Å². The summed E-state index contributed by atoms with van der Waals surface area (Å²) in [6, 6.07) is 25.5. The van der Waals surface area contributed by atoms with Gasteiger partial charge in [-0.05, 0) is 79.1 Å². The molecule has 2 heterocycles. The van der Waals surface area contributed by atoms with Crippen LogP contribution in [0, 0.1) is 5.92 Å². The molecule has 0 bridgehead atoms. The van der Waals surface area contributed by atoms with E-state index in [2.05, 4.69) is 76.5 Å². The van der Waals surface area contributed by atoms with Gasteiger partial charge in [-0.2, -0.15) is 0 Å². The van der Waals surface area contributed by atoms with Crippen LogP contribution in [0.15, 0.2) is 72.8 Å². The highest BCUT2D eigenvalue weighted by Gasteiger charge is 2.22. The van der Waals surface area contributed by atoms with Gasteiger partial charge in [0.2, 0.25) is 0 Å². The zero-order valence-corrected chi connectivity index (χ0v) is 22.5. The number of aliphatic hydroxyl groups excluding tert-OH is 1. The van der Waals surface area contributed by atoms with Crippen LogP contribution < -0.4 is 4.74 Å². The number of hydrogen-bond donors (Lipinski definition) is 1. The van der Waals surface area contributed by atoms with Gasteiger partial charge >= 0.3 is 0 Å². The van der Waals surface area contributed by atoms with Crippen LogP contribution in [-0.4, -0.2) is 41.1 Å². The molecule has 3 aromatic rings. The quantitative estimate of drug-likeness (QED) is 0.326. The van der Waals surface area contributed by atoms with E-state index in [0.29, 0.717) is 18.4 Å². The van der Waals surface area contributed by atoms with Crippen molar-refractivity contribution in [3.63, 3.8) is 0 Å². The van der Waals surface area contributed by atoms with E-state index in [1.807, 2.05) is 6.07 Å². The Morgan fingerprint density at radius 2 is 1.59 bits per heavy atom. The molecule has 0 aromatic heterocycles. The van der Waals surface area contributed by atoms with Crippen LogP contribution in [0.25, 0.3) is 0 Å². The third-order valence-electron chi connectivity index (χ3n) is 7.88. The van der Waals surface area contributed by atoms with Gasteiger partial charge in [0, 0.05) is 37.6 Å². The van der Waals surface area contributed by atoms with Crippen molar-refractivity contribution in [3.05, 3.63) is 101 Å². The average Bonchev–Trinajstić information content (AvgIpc) is 3.14. The maximum Gasteiger partial charge on any atom is 0.123 e. The predicted octanol–water partition coefficient (Wildman–Crippen LogP) is 6.55. The molecule has 0 spiro atoms. The molecule has 0 radical (unpaired) electrons. The van der Waals surface area contributed by atoms with Gasteiger partial charge in [0.05, 0.1) is 6.10 Å². The molecular formula is C32H39ClN2O2. The van der Waals surface area contributed by atoms with E-state index >= 15 is 0 Å². The summed E-state index contributed by atoms with van der Waals surface area (Å²) in [6.45, 7) is 6.60. The number of rotatable bonds is 9. The number of likely N-dealkylation sites (tertiary alicyclic amines) is 1. The number of hydrogen-bond acceptors (Lipinski definition) is 4. The standard InChI is InChI=1S/C32H39ClN2O2/c33-21-27-7-4-8-28(19-27)23-34-15-13-25(14-16-34)9-11-31(36)29-10-12-32-30(20-29)24-35(17-18-37-32)22-26-5-2-1-3-6-26/h1-8,10,12,19-20,25,31,36H,9,11,13-18,21-24H2. The lowest BCUT2D eigenvalue weighted by molar-refractivity contribution is 0.132. The van der Waals surface area contributed by atoms with Crippen molar-refractivity contribution in [2.45, 2.75) is 57.3 Å². The number of benzene rings is 3. The van der Waals surface area contributed by atoms with Crippen LogP contribution in [0.5, 0.6) is 5.75 Å². The minimum Gasteiger partial charge on any atom is -0.492 e. The van der Waals surface area contributed by atoms with Gasteiger partial charge in [-0.25, -0.2) is 0 Å². The maximum atomic E-state index is 11.0. The fraction of sp³-hybridized carbons (Fsp3) is 0.438. The molecule has 2 aliphatic heterocycles. The topological polar surface area (TPSA) is 35.9 Å². The Morgan fingerprint density at radius 3 is 2.41 bits per heavy atom. The summed E-state index contributed by atoms with van der Waals surface area (Å²) >= 11 is 6.00. The molecule has 1 N–H and O–H groups in total. The Balaban J connectivity index is 1.11. The number of halogens is 1. The summed E-state index contributed by atoms with van der Waals surface area (Å²) in [5.41, 5.74) is 6.05. The van der Waals surface area contributed by atoms with Crippen molar-refractivity contribution in [3.8, 4) is 5.75 Å². The highest BCUT2D eigenvalue weighted by Crippen LogP contribution is 2.31. The minimum absolute atomic E-state index is 0.424. The van der Waals surface area contributed by atoms with E-state index in [1.165, 1.54) is 35.1 Å². The lowest BCUT2D eigenvalue weighted by Gasteiger charge is -2.32. The van der Waals surface area contributed by atoms with E-state index < -0.39 is 6.10 Å². The van der Waals surface area contributed by atoms with E-state index in [4.69, 9.17) is 16.3 Å². The molecule has 2 aliphatic rings. The molecule has 3 aromatic carbocycles. The smallest absolute Gasteiger partial charge is 0.123 e. The van der Waals surface area contributed by atoms with Crippen molar-refractivity contribution >= 4 is 11.6 Å². The third-order valence-corrected chi connectivity index (χ3v) is 8.19. The molecule has 5 rings (SSSR count). The van der Waals surface area contributed by atoms with E-state index in [1.54, 1.807) is 0 Å². The monoisotopic (exact) mass is 518 g/mol. The normalized spacial score (nSPS) is 18.1. The van der Waals surface area contributed by atoms with Crippen LogP contribution in [0.1, 0.15) is 59.6 Å². The largest absolute Gasteiger partial charge is 0.492 e. The van der Waals surface area contributed by atoms with Gasteiger partial charge in [0.25, 0.3) is 0 Å². The molecule has 0 aliphatic carbocycles. The van der Waals surface area contributed by atoms with Crippen LogP contribution in [0.3, 0.4) is 0 Å².